The predicted octanol–water partition coefficient (Wildman–Crippen LogP) is -0.270. The van der Waals surface area contributed by atoms with Crippen molar-refractivity contribution in [1.82, 2.24) is 14.2 Å². The van der Waals surface area contributed by atoms with Crippen molar-refractivity contribution < 1.29 is 9.53 Å². The van der Waals surface area contributed by atoms with Crippen LogP contribution in [-0.2, 0) is 16.1 Å². The Balaban J connectivity index is 1.89. The number of rotatable bonds is 6. The van der Waals surface area contributed by atoms with Gasteiger partial charge in [0.15, 0.2) is 5.65 Å². The van der Waals surface area contributed by atoms with Crippen molar-refractivity contribution in [2.75, 3.05) is 18.6 Å². The van der Waals surface area contributed by atoms with Crippen LogP contribution in [0.2, 0.25) is 0 Å². The summed E-state index contributed by atoms with van der Waals surface area (Å²) in [6, 6.07) is 4.75. The number of nitrogens with two attached hydrogens (primary N) is 1. The van der Waals surface area contributed by atoms with E-state index in [1.807, 2.05) is 6.07 Å². The predicted molar refractivity (Wildman–Crippen MR) is 76.8 cm³/mol. The number of fused-ring (bicyclic) bond motifs is 1. The standard InChI is InChI=1S/C12H16N4O3S/c1-19-11(17)9(13)8-20-7-6-16-12(18)15-5-3-2-4-10(15)14-16/h2-5,9H,6-8,13H2,1H3. The smallest absolute Gasteiger partial charge is 0.350 e. The summed E-state index contributed by atoms with van der Waals surface area (Å²) in [5.74, 6) is 0.672. The van der Waals surface area contributed by atoms with Crippen LogP contribution in [0.15, 0.2) is 29.2 Å². The lowest BCUT2D eigenvalue weighted by Gasteiger charge is -2.08. The van der Waals surface area contributed by atoms with Crippen LogP contribution in [0.4, 0.5) is 0 Å². The molecule has 20 heavy (non-hydrogen) atoms. The number of thioether (sulfide) groups is 1. The fourth-order valence-corrected chi connectivity index (χ4v) is 2.55. The van der Waals surface area contributed by atoms with E-state index in [1.54, 1.807) is 18.3 Å². The Morgan fingerprint density at radius 1 is 1.55 bits per heavy atom. The number of nitrogens with zero attached hydrogens (tertiary/aromatic N) is 3. The molecule has 7 nitrogen and oxygen atoms in total. The quantitative estimate of drug-likeness (QED) is 0.583. The molecule has 0 saturated heterocycles. The number of aromatic nitrogens is 3. The number of pyridine rings is 1. The molecule has 0 aliphatic heterocycles. The van der Waals surface area contributed by atoms with Gasteiger partial charge < -0.3 is 10.5 Å². The number of esters is 1. The van der Waals surface area contributed by atoms with Crippen LogP contribution < -0.4 is 11.4 Å². The lowest BCUT2D eigenvalue weighted by Crippen LogP contribution is -2.34. The van der Waals surface area contributed by atoms with E-state index in [0.717, 1.165) is 0 Å². The summed E-state index contributed by atoms with van der Waals surface area (Å²) in [5.41, 5.74) is 6.07. The van der Waals surface area contributed by atoms with Crippen molar-refractivity contribution in [1.29, 1.82) is 0 Å². The van der Waals surface area contributed by atoms with Gasteiger partial charge >= 0.3 is 11.7 Å². The summed E-state index contributed by atoms with van der Waals surface area (Å²) in [4.78, 5) is 23.1. The molecule has 2 aromatic rings. The molecule has 0 fully saturated rings. The van der Waals surface area contributed by atoms with Crippen LogP contribution in [0.25, 0.3) is 5.65 Å². The molecule has 0 saturated carbocycles. The number of hydrogen-bond donors (Lipinski definition) is 1. The van der Waals surface area contributed by atoms with Gasteiger partial charge in [-0.3, -0.25) is 9.20 Å². The first-order chi connectivity index (χ1) is 9.63. The molecule has 2 N–H and O–H groups in total. The summed E-state index contributed by atoms with van der Waals surface area (Å²) < 4.78 is 7.44. The summed E-state index contributed by atoms with van der Waals surface area (Å²) >= 11 is 1.48. The molecule has 2 rings (SSSR count). The molecular weight excluding hydrogens is 280 g/mol. The van der Waals surface area contributed by atoms with Crippen molar-refractivity contribution in [2.24, 2.45) is 5.73 Å². The second-order valence-corrected chi connectivity index (χ2v) is 5.29. The molecular formula is C12H16N4O3S. The maximum atomic E-state index is 12.0. The van der Waals surface area contributed by atoms with E-state index in [4.69, 9.17) is 5.73 Å². The topological polar surface area (TPSA) is 91.6 Å². The van der Waals surface area contributed by atoms with Crippen LogP contribution >= 0.6 is 11.8 Å². The van der Waals surface area contributed by atoms with Crippen molar-refractivity contribution in [3.05, 3.63) is 34.9 Å². The molecule has 0 aliphatic rings. The van der Waals surface area contributed by atoms with E-state index in [1.165, 1.54) is 28.0 Å². The molecule has 8 heteroatoms. The number of carbonyl (C=O) groups is 1. The number of carbonyl (C=O) groups excluding carboxylic acids is 1. The summed E-state index contributed by atoms with van der Waals surface area (Å²) in [7, 11) is 1.31. The first-order valence-electron chi connectivity index (χ1n) is 6.09. The van der Waals surface area contributed by atoms with Gasteiger partial charge in [0.2, 0.25) is 0 Å². The van der Waals surface area contributed by atoms with E-state index in [2.05, 4.69) is 9.84 Å². The number of ether oxygens (including phenoxy) is 1. The average molecular weight is 296 g/mol. The average Bonchev–Trinajstić information content (AvgIpc) is 2.79. The Hall–Kier alpha value is -1.80. The van der Waals surface area contributed by atoms with Gasteiger partial charge in [-0.25, -0.2) is 9.48 Å². The maximum Gasteiger partial charge on any atom is 0.350 e. The Morgan fingerprint density at radius 2 is 2.35 bits per heavy atom. The van der Waals surface area contributed by atoms with Crippen LogP contribution in [-0.4, -0.2) is 44.8 Å². The first-order valence-corrected chi connectivity index (χ1v) is 7.24. The molecule has 0 amide bonds. The van der Waals surface area contributed by atoms with E-state index in [0.29, 0.717) is 23.7 Å². The van der Waals surface area contributed by atoms with Crippen molar-refractivity contribution >= 4 is 23.4 Å². The van der Waals surface area contributed by atoms with E-state index >= 15 is 0 Å². The molecule has 0 spiro atoms. The minimum Gasteiger partial charge on any atom is -0.468 e. The van der Waals surface area contributed by atoms with Gasteiger partial charge in [0.1, 0.15) is 6.04 Å². The second kappa shape index (κ2) is 6.58. The van der Waals surface area contributed by atoms with Gasteiger partial charge in [-0.2, -0.15) is 11.8 Å². The normalized spacial score (nSPS) is 12.5. The third-order valence-corrected chi connectivity index (χ3v) is 3.80. The molecule has 2 heterocycles. The van der Waals surface area contributed by atoms with Gasteiger partial charge in [0.25, 0.3) is 0 Å². The summed E-state index contributed by atoms with van der Waals surface area (Å²) in [5, 5.41) is 4.21. The largest absolute Gasteiger partial charge is 0.468 e. The second-order valence-electron chi connectivity index (χ2n) is 4.14. The number of aryl methyl sites for hydroxylation is 1. The van der Waals surface area contributed by atoms with Crippen LogP contribution in [0.5, 0.6) is 0 Å². The van der Waals surface area contributed by atoms with Crippen molar-refractivity contribution in [2.45, 2.75) is 12.6 Å². The molecule has 0 bridgehead atoms. The first kappa shape index (κ1) is 14.6. The molecule has 0 aliphatic carbocycles. The fourth-order valence-electron chi connectivity index (χ4n) is 1.69. The third-order valence-electron chi connectivity index (χ3n) is 2.74. The number of methoxy groups -OCH3 is 1. The highest BCUT2D eigenvalue weighted by Crippen LogP contribution is 2.04. The van der Waals surface area contributed by atoms with Crippen LogP contribution in [0, 0.1) is 0 Å². The Bertz CT molecular complexity index is 651. The molecule has 1 unspecified atom stereocenters. The van der Waals surface area contributed by atoms with E-state index < -0.39 is 12.0 Å². The highest BCUT2D eigenvalue weighted by atomic mass is 32.2. The van der Waals surface area contributed by atoms with Gasteiger partial charge in [-0.15, -0.1) is 5.10 Å². The Kier molecular flexibility index (Phi) is 4.80. The van der Waals surface area contributed by atoms with Gasteiger partial charge in [-0.05, 0) is 12.1 Å². The summed E-state index contributed by atoms with van der Waals surface area (Å²) in [6.45, 7) is 0.471. The van der Waals surface area contributed by atoms with Gasteiger partial charge in [0.05, 0.1) is 13.7 Å². The fraction of sp³-hybridized carbons (Fsp3) is 0.417. The highest BCUT2D eigenvalue weighted by molar-refractivity contribution is 7.99. The molecule has 0 radical (unpaired) electrons. The third kappa shape index (κ3) is 3.20. The molecule has 2 aromatic heterocycles. The van der Waals surface area contributed by atoms with Crippen LogP contribution in [0.3, 0.4) is 0 Å². The minimum atomic E-state index is -0.636. The molecule has 108 valence electrons. The molecule has 0 aromatic carbocycles. The monoisotopic (exact) mass is 296 g/mol. The van der Waals surface area contributed by atoms with Crippen molar-refractivity contribution in [3.8, 4) is 0 Å². The van der Waals surface area contributed by atoms with E-state index in [9.17, 15) is 9.59 Å². The van der Waals surface area contributed by atoms with Gasteiger partial charge in [-0.1, -0.05) is 6.07 Å². The maximum absolute atomic E-state index is 12.0. The van der Waals surface area contributed by atoms with E-state index in [-0.39, 0.29) is 5.69 Å². The Morgan fingerprint density at radius 3 is 3.05 bits per heavy atom. The van der Waals surface area contributed by atoms with Gasteiger partial charge in [0, 0.05) is 17.7 Å². The van der Waals surface area contributed by atoms with Crippen molar-refractivity contribution in [3.63, 3.8) is 0 Å². The minimum absolute atomic E-state index is 0.168. The number of hydrogen-bond acceptors (Lipinski definition) is 6. The lowest BCUT2D eigenvalue weighted by atomic mass is 10.4. The SMILES string of the molecule is COC(=O)C(N)CSCCn1nc2ccccn2c1=O. The highest BCUT2D eigenvalue weighted by Gasteiger charge is 2.13. The Labute approximate surface area is 119 Å². The van der Waals surface area contributed by atoms with Crippen LogP contribution in [0.1, 0.15) is 0 Å². The zero-order valence-electron chi connectivity index (χ0n) is 11.1. The zero-order chi connectivity index (χ0) is 14.5. The lowest BCUT2D eigenvalue weighted by molar-refractivity contribution is -0.141. The zero-order valence-corrected chi connectivity index (χ0v) is 11.9. The summed E-state index contributed by atoms with van der Waals surface area (Å²) in [6.07, 6.45) is 1.68. The molecule has 1 atom stereocenters.